The fourth-order valence-electron chi connectivity index (χ4n) is 1.36. The van der Waals surface area contributed by atoms with Gasteiger partial charge in [-0.25, -0.2) is 9.78 Å². The molecule has 3 amide bonds. The summed E-state index contributed by atoms with van der Waals surface area (Å²) in [5, 5.41) is 15.2. The summed E-state index contributed by atoms with van der Waals surface area (Å²) in [6, 6.07) is -1.24. The predicted molar refractivity (Wildman–Crippen MR) is 73.7 cm³/mol. The fourth-order valence-corrected chi connectivity index (χ4v) is 2.10. The Kier molecular flexibility index (Phi) is 5.79. The third-order valence-corrected chi connectivity index (χ3v) is 3.06. The summed E-state index contributed by atoms with van der Waals surface area (Å²) in [6.07, 6.45) is -0.273. The lowest BCUT2D eigenvalue weighted by molar-refractivity contribution is -0.139. The number of hydrogen-bond acceptors (Lipinski definition) is 6. The van der Waals surface area contributed by atoms with Crippen LogP contribution in [0.3, 0.4) is 0 Å². The van der Waals surface area contributed by atoms with Crippen molar-refractivity contribution in [3.63, 3.8) is 0 Å². The van der Waals surface area contributed by atoms with Crippen molar-refractivity contribution in [2.24, 2.45) is 5.73 Å². The lowest BCUT2D eigenvalue weighted by atomic mass is 10.1. The van der Waals surface area contributed by atoms with Crippen molar-refractivity contribution in [1.29, 1.82) is 0 Å². The van der Waals surface area contributed by atoms with Crippen LogP contribution in [0.5, 0.6) is 0 Å². The molecule has 10 heteroatoms. The Labute approximate surface area is 123 Å². The van der Waals surface area contributed by atoms with E-state index in [1.165, 1.54) is 12.3 Å². The summed E-state index contributed by atoms with van der Waals surface area (Å²) < 4.78 is 0. The van der Waals surface area contributed by atoms with E-state index in [2.05, 4.69) is 15.6 Å². The van der Waals surface area contributed by atoms with Crippen molar-refractivity contribution in [2.45, 2.75) is 25.8 Å². The highest BCUT2D eigenvalue weighted by atomic mass is 32.1. The average Bonchev–Trinajstić information content (AvgIpc) is 2.81. The number of amides is 3. The number of aromatic nitrogens is 1. The van der Waals surface area contributed by atoms with E-state index >= 15 is 0 Å². The molecular formula is C11H14N4O5S. The highest BCUT2D eigenvalue weighted by Crippen LogP contribution is 2.15. The Morgan fingerprint density at radius 1 is 1.43 bits per heavy atom. The number of aliphatic carboxylic acids is 1. The first-order chi connectivity index (χ1) is 9.79. The number of rotatable bonds is 7. The molecule has 1 aromatic heterocycles. The van der Waals surface area contributed by atoms with E-state index in [4.69, 9.17) is 10.8 Å². The quantitative estimate of drug-likeness (QED) is 0.535. The number of nitrogens with two attached hydrogens (primary N) is 1. The van der Waals surface area contributed by atoms with Crippen LogP contribution < -0.4 is 16.4 Å². The molecule has 0 fully saturated rings. The Hall–Kier alpha value is -2.49. The molecule has 0 aromatic carbocycles. The number of hydrogen-bond donors (Lipinski definition) is 4. The third kappa shape index (κ3) is 5.57. The van der Waals surface area contributed by atoms with Crippen molar-refractivity contribution in [2.75, 3.05) is 5.32 Å². The molecule has 1 rings (SSSR count). The lowest BCUT2D eigenvalue weighted by Crippen LogP contribution is -2.41. The molecule has 114 valence electrons. The summed E-state index contributed by atoms with van der Waals surface area (Å²) in [7, 11) is 0. The molecule has 0 bridgehead atoms. The normalized spacial score (nSPS) is 11.5. The first-order valence-corrected chi connectivity index (χ1v) is 6.72. The van der Waals surface area contributed by atoms with Crippen molar-refractivity contribution < 1.29 is 24.3 Å². The van der Waals surface area contributed by atoms with Crippen LogP contribution in [0.1, 0.15) is 30.3 Å². The van der Waals surface area contributed by atoms with Crippen LogP contribution in [-0.4, -0.2) is 39.8 Å². The molecule has 0 aliphatic carbocycles. The zero-order chi connectivity index (χ0) is 16.0. The van der Waals surface area contributed by atoms with E-state index in [9.17, 15) is 19.2 Å². The first-order valence-electron chi connectivity index (χ1n) is 5.84. The van der Waals surface area contributed by atoms with Gasteiger partial charge in [0, 0.05) is 18.7 Å². The molecule has 1 heterocycles. The van der Waals surface area contributed by atoms with Gasteiger partial charge >= 0.3 is 5.97 Å². The van der Waals surface area contributed by atoms with Crippen LogP contribution in [-0.2, 0) is 14.4 Å². The molecule has 9 nitrogen and oxygen atoms in total. The molecule has 0 radical (unpaired) electrons. The van der Waals surface area contributed by atoms with Gasteiger partial charge in [0.25, 0.3) is 5.91 Å². The minimum atomic E-state index is -1.28. The number of primary amides is 1. The van der Waals surface area contributed by atoms with E-state index < -0.39 is 23.8 Å². The Morgan fingerprint density at radius 2 is 2.10 bits per heavy atom. The van der Waals surface area contributed by atoms with Gasteiger partial charge in [-0.05, 0) is 6.42 Å². The number of carbonyl (C=O) groups excluding carboxylic acids is 3. The summed E-state index contributed by atoms with van der Waals surface area (Å²) in [5.41, 5.74) is 4.92. The first kappa shape index (κ1) is 16.6. The number of carboxylic acid groups (broad SMARTS) is 1. The second-order valence-corrected chi connectivity index (χ2v) is 4.95. The van der Waals surface area contributed by atoms with E-state index in [-0.39, 0.29) is 29.6 Å². The zero-order valence-electron chi connectivity index (χ0n) is 11.1. The highest BCUT2D eigenvalue weighted by molar-refractivity contribution is 7.14. The largest absolute Gasteiger partial charge is 0.480 e. The van der Waals surface area contributed by atoms with E-state index in [0.29, 0.717) is 0 Å². The highest BCUT2D eigenvalue weighted by Gasteiger charge is 2.22. The lowest BCUT2D eigenvalue weighted by Gasteiger charge is -2.12. The topological polar surface area (TPSA) is 151 Å². The molecule has 0 saturated carbocycles. The van der Waals surface area contributed by atoms with Gasteiger partial charge in [-0.2, -0.15) is 0 Å². The summed E-state index contributed by atoms with van der Waals surface area (Å²) in [6.45, 7) is 1.30. The SMILES string of the molecule is CC(=O)Nc1nc(C(=O)NC(CCC(N)=O)C(=O)O)cs1. The number of nitrogens with zero attached hydrogens (tertiary/aromatic N) is 1. The number of thiazole rings is 1. The number of nitrogens with one attached hydrogen (secondary N) is 2. The van der Waals surface area contributed by atoms with Gasteiger partial charge in [0.1, 0.15) is 11.7 Å². The zero-order valence-corrected chi connectivity index (χ0v) is 11.9. The predicted octanol–water partition coefficient (Wildman–Crippen LogP) is -0.450. The summed E-state index contributed by atoms with van der Waals surface area (Å²) >= 11 is 1.03. The van der Waals surface area contributed by atoms with Crippen LogP contribution in [0, 0.1) is 0 Å². The Balaban J connectivity index is 2.68. The molecule has 21 heavy (non-hydrogen) atoms. The number of anilines is 1. The monoisotopic (exact) mass is 314 g/mol. The van der Waals surface area contributed by atoms with Gasteiger partial charge in [-0.15, -0.1) is 11.3 Å². The maximum Gasteiger partial charge on any atom is 0.326 e. The second kappa shape index (κ2) is 7.33. The van der Waals surface area contributed by atoms with Crippen molar-refractivity contribution in [3.05, 3.63) is 11.1 Å². The molecule has 0 spiro atoms. The third-order valence-electron chi connectivity index (χ3n) is 2.30. The van der Waals surface area contributed by atoms with Gasteiger partial charge in [-0.1, -0.05) is 0 Å². The molecule has 5 N–H and O–H groups in total. The molecule has 1 unspecified atom stereocenters. The van der Waals surface area contributed by atoms with Crippen molar-refractivity contribution in [3.8, 4) is 0 Å². The van der Waals surface area contributed by atoms with Gasteiger partial charge in [-0.3, -0.25) is 14.4 Å². The molecule has 0 saturated heterocycles. The number of carbonyl (C=O) groups is 4. The molecule has 1 atom stereocenters. The molecule has 0 aliphatic rings. The van der Waals surface area contributed by atoms with Crippen molar-refractivity contribution >= 4 is 40.2 Å². The van der Waals surface area contributed by atoms with Crippen LogP contribution in [0.4, 0.5) is 5.13 Å². The van der Waals surface area contributed by atoms with Gasteiger partial charge in [0.2, 0.25) is 11.8 Å². The standard InChI is InChI=1S/C11H14N4O5S/c1-5(16)13-11-15-7(4-21-11)9(18)14-6(10(19)20)2-3-8(12)17/h4,6H,2-3H2,1H3,(H2,12,17)(H,14,18)(H,19,20)(H,13,15,16). The minimum Gasteiger partial charge on any atom is -0.480 e. The van der Waals surface area contributed by atoms with Crippen LogP contribution >= 0.6 is 11.3 Å². The number of carboxylic acids is 1. The molecule has 1 aromatic rings. The van der Waals surface area contributed by atoms with Crippen LogP contribution in [0.25, 0.3) is 0 Å². The molecular weight excluding hydrogens is 300 g/mol. The van der Waals surface area contributed by atoms with E-state index in [1.807, 2.05) is 0 Å². The molecule has 0 aliphatic heterocycles. The smallest absolute Gasteiger partial charge is 0.326 e. The van der Waals surface area contributed by atoms with Gasteiger partial charge in [0.05, 0.1) is 0 Å². The van der Waals surface area contributed by atoms with Crippen LogP contribution in [0.2, 0.25) is 0 Å². The maximum absolute atomic E-state index is 11.8. The van der Waals surface area contributed by atoms with Crippen molar-refractivity contribution in [1.82, 2.24) is 10.3 Å². The Morgan fingerprint density at radius 3 is 2.62 bits per heavy atom. The Bertz CT molecular complexity index is 571. The second-order valence-electron chi connectivity index (χ2n) is 4.09. The van der Waals surface area contributed by atoms with E-state index in [0.717, 1.165) is 11.3 Å². The summed E-state index contributed by atoms with van der Waals surface area (Å²) in [5.74, 6) is -2.97. The fraction of sp³-hybridized carbons (Fsp3) is 0.364. The minimum absolute atomic E-state index is 0.0194. The summed E-state index contributed by atoms with van der Waals surface area (Å²) in [4.78, 5) is 48.2. The van der Waals surface area contributed by atoms with Gasteiger partial charge < -0.3 is 21.5 Å². The van der Waals surface area contributed by atoms with E-state index in [1.54, 1.807) is 0 Å². The average molecular weight is 314 g/mol. The van der Waals surface area contributed by atoms with Gasteiger partial charge in [0.15, 0.2) is 5.13 Å². The maximum atomic E-state index is 11.8. The van der Waals surface area contributed by atoms with Crippen LogP contribution in [0.15, 0.2) is 5.38 Å².